The number of hydrogen-bond donors (Lipinski definition) is 1. The highest BCUT2D eigenvalue weighted by molar-refractivity contribution is 5.85. The Morgan fingerprint density at radius 1 is 1.11 bits per heavy atom. The Labute approximate surface area is 106 Å². The first-order valence-corrected chi connectivity index (χ1v) is 7.05. The zero-order valence-electron chi connectivity index (χ0n) is 10.6. The number of aromatic amines is 1. The molecule has 0 radical (unpaired) electrons. The zero-order valence-corrected chi connectivity index (χ0v) is 10.6. The van der Waals surface area contributed by atoms with Gasteiger partial charge in [-0.3, -0.25) is 0 Å². The summed E-state index contributed by atoms with van der Waals surface area (Å²) in [7, 11) is 0. The molecular formula is C16H18FN. The number of aromatic nitrogens is 1. The molecule has 1 fully saturated rings. The fraction of sp³-hybridized carbons (Fsp3) is 0.500. The van der Waals surface area contributed by atoms with Gasteiger partial charge in [0.1, 0.15) is 5.82 Å². The summed E-state index contributed by atoms with van der Waals surface area (Å²) < 4.78 is 13.8. The van der Waals surface area contributed by atoms with Crippen molar-refractivity contribution in [1.82, 2.24) is 4.98 Å². The predicted molar refractivity (Wildman–Crippen MR) is 71.2 cm³/mol. The number of fused-ring (bicyclic) bond motifs is 3. The maximum absolute atomic E-state index is 13.8. The van der Waals surface area contributed by atoms with E-state index >= 15 is 0 Å². The van der Waals surface area contributed by atoms with Gasteiger partial charge in [-0.25, -0.2) is 4.39 Å². The summed E-state index contributed by atoms with van der Waals surface area (Å²) in [5, 5.41) is 1.12. The lowest BCUT2D eigenvalue weighted by atomic mass is 9.72. The third kappa shape index (κ3) is 1.38. The van der Waals surface area contributed by atoms with E-state index in [4.69, 9.17) is 0 Å². The van der Waals surface area contributed by atoms with E-state index in [0.717, 1.165) is 23.7 Å². The summed E-state index contributed by atoms with van der Waals surface area (Å²) in [6.07, 6.45) is 9.05. The topological polar surface area (TPSA) is 15.8 Å². The molecule has 0 atom stereocenters. The quantitative estimate of drug-likeness (QED) is 0.707. The molecule has 0 amide bonds. The fourth-order valence-corrected chi connectivity index (χ4v) is 4.11. The molecule has 1 aromatic carbocycles. The van der Waals surface area contributed by atoms with Crippen molar-refractivity contribution in [1.29, 1.82) is 0 Å². The number of para-hydroxylation sites is 1. The van der Waals surface area contributed by atoms with E-state index in [0.29, 0.717) is 5.41 Å². The maximum Gasteiger partial charge on any atom is 0.147 e. The molecule has 1 nitrogen and oxygen atoms in total. The van der Waals surface area contributed by atoms with Gasteiger partial charge in [-0.15, -0.1) is 0 Å². The molecule has 1 N–H and O–H groups in total. The van der Waals surface area contributed by atoms with Crippen LogP contribution in [0.25, 0.3) is 10.9 Å². The molecule has 0 aliphatic heterocycles. The average molecular weight is 243 g/mol. The highest BCUT2D eigenvalue weighted by Crippen LogP contribution is 2.49. The van der Waals surface area contributed by atoms with Crippen LogP contribution in [0.4, 0.5) is 4.39 Å². The summed E-state index contributed by atoms with van der Waals surface area (Å²) in [5.74, 6) is -0.109. The Bertz CT molecular complexity index is 605. The van der Waals surface area contributed by atoms with Crippen molar-refractivity contribution in [3.05, 3.63) is 35.3 Å². The average Bonchev–Trinajstić information content (AvgIpc) is 2.96. The van der Waals surface area contributed by atoms with E-state index in [1.807, 2.05) is 6.07 Å². The smallest absolute Gasteiger partial charge is 0.147 e. The Morgan fingerprint density at radius 3 is 2.78 bits per heavy atom. The highest BCUT2D eigenvalue weighted by atomic mass is 19.1. The summed E-state index contributed by atoms with van der Waals surface area (Å²) in [5.41, 5.74) is 3.94. The van der Waals surface area contributed by atoms with Gasteiger partial charge in [0.25, 0.3) is 0 Å². The first-order chi connectivity index (χ1) is 8.77. The molecule has 2 aliphatic carbocycles. The van der Waals surface area contributed by atoms with Crippen LogP contribution in [0.1, 0.15) is 43.4 Å². The summed E-state index contributed by atoms with van der Waals surface area (Å²) in [4.78, 5) is 3.32. The van der Waals surface area contributed by atoms with Crippen molar-refractivity contribution in [2.45, 2.75) is 44.9 Å². The van der Waals surface area contributed by atoms with Gasteiger partial charge in [-0.1, -0.05) is 25.0 Å². The fourth-order valence-electron chi connectivity index (χ4n) is 4.11. The van der Waals surface area contributed by atoms with Crippen LogP contribution in [0, 0.1) is 11.2 Å². The number of aryl methyl sites for hydroxylation is 1. The molecular weight excluding hydrogens is 225 g/mol. The first-order valence-electron chi connectivity index (χ1n) is 7.05. The number of benzene rings is 1. The molecule has 0 unspecified atom stereocenters. The van der Waals surface area contributed by atoms with Crippen LogP contribution in [0.2, 0.25) is 0 Å². The van der Waals surface area contributed by atoms with Crippen LogP contribution in [-0.2, 0) is 12.8 Å². The maximum atomic E-state index is 13.8. The lowest BCUT2D eigenvalue weighted by Crippen LogP contribution is -2.25. The minimum absolute atomic E-state index is 0.109. The van der Waals surface area contributed by atoms with Gasteiger partial charge in [0.05, 0.1) is 5.52 Å². The third-order valence-electron chi connectivity index (χ3n) is 5.10. The molecule has 2 heteroatoms. The minimum Gasteiger partial charge on any atom is -0.356 e. The van der Waals surface area contributed by atoms with Gasteiger partial charge in [0, 0.05) is 11.1 Å². The van der Waals surface area contributed by atoms with Crippen molar-refractivity contribution in [3.8, 4) is 0 Å². The molecule has 2 aliphatic rings. The Kier molecular flexibility index (Phi) is 2.12. The molecule has 18 heavy (non-hydrogen) atoms. The second kappa shape index (κ2) is 3.59. The van der Waals surface area contributed by atoms with Crippen molar-refractivity contribution in [3.63, 3.8) is 0 Å². The Hall–Kier alpha value is -1.31. The Balaban J connectivity index is 1.87. The molecule has 1 aromatic heterocycles. The van der Waals surface area contributed by atoms with Gasteiger partial charge >= 0.3 is 0 Å². The molecule has 1 heterocycles. The lowest BCUT2D eigenvalue weighted by molar-refractivity contribution is 0.255. The molecule has 0 saturated heterocycles. The van der Waals surface area contributed by atoms with Crippen LogP contribution >= 0.6 is 0 Å². The molecule has 94 valence electrons. The standard InChI is InChI=1S/C16H18FN/c17-13-5-3-4-11-12-10-16(7-1-2-8-16)9-6-14(12)18-15(11)13/h3-5,18H,1-2,6-10H2. The van der Waals surface area contributed by atoms with Gasteiger partial charge in [-0.05, 0) is 49.1 Å². The molecule has 1 saturated carbocycles. The number of nitrogens with one attached hydrogen (secondary N) is 1. The van der Waals surface area contributed by atoms with Crippen molar-refractivity contribution >= 4 is 10.9 Å². The number of rotatable bonds is 0. The van der Waals surface area contributed by atoms with Crippen LogP contribution in [0.5, 0.6) is 0 Å². The Morgan fingerprint density at radius 2 is 1.94 bits per heavy atom. The second-order valence-corrected chi connectivity index (χ2v) is 6.13. The van der Waals surface area contributed by atoms with Crippen molar-refractivity contribution in [2.75, 3.05) is 0 Å². The van der Waals surface area contributed by atoms with E-state index in [1.54, 1.807) is 6.07 Å². The SMILES string of the molecule is Fc1cccc2c3c([nH]c12)CCC1(CCCC1)C3. The number of hydrogen-bond acceptors (Lipinski definition) is 0. The van der Waals surface area contributed by atoms with Crippen molar-refractivity contribution in [2.24, 2.45) is 5.41 Å². The first kappa shape index (κ1) is 10.6. The summed E-state index contributed by atoms with van der Waals surface area (Å²) >= 11 is 0. The van der Waals surface area contributed by atoms with E-state index in [1.165, 1.54) is 43.4 Å². The van der Waals surface area contributed by atoms with E-state index in [9.17, 15) is 4.39 Å². The summed E-state index contributed by atoms with van der Waals surface area (Å²) in [6, 6.07) is 5.46. The van der Waals surface area contributed by atoms with Crippen molar-refractivity contribution < 1.29 is 4.39 Å². The molecule has 0 bridgehead atoms. The normalized spacial score (nSPS) is 21.6. The van der Waals surface area contributed by atoms with Crippen LogP contribution < -0.4 is 0 Å². The monoisotopic (exact) mass is 243 g/mol. The van der Waals surface area contributed by atoms with E-state index in [-0.39, 0.29) is 5.82 Å². The highest BCUT2D eigenvalue weighted by Gasteiger charge is 2.38. The van der Waals surface area contributed by atoms with Crippen LogP contribution in [-0.4, -0.2) is 4.98 Å². The van der Waals surface area contributed by atoms with Gasteiger partial charge in [0.2, 0.25) is 0 Å². The van der Waals surface area contributed by atoms with E-state index < -0.39 is 0 Å². The molecule has 1 spiro atoms. The second-order valence-electron chi connectivity index (χ2n) is 6.13. The predicted octanol–water partition coefficient (Wildman–Crippen LogP) is 4.36. The number of halogens is 1. The number of H-pyrrole nitrogens is 1. The molecule has 4 rings (SSSR count). The van der Waals surface area contributed by atoms with Crippen LogP contribution in [0.3, 0.4) is 0 Å². The van der Waals surface area contributed by atoms with Gasteiger partial charge in [-0.2, -0.15) is 0 Å². The van der Waals surface area contributed by atoms with Crippen LogP contribution in [0.15, 0.2) is 18.2 Å². The largest absolute Gasteiger partial charge is 0.356 e. The molecule has 2 aromatic rings. The van der Waals surface area contributed by atoms with E-state index in [2.05, 4.69) is 11.1 Å². The third-order valence-corrected chi connectivity index (χ3v) is 5.10. The summed E-state index contributed by atoms with van der Waals surface area (Å²) in [6.45, 7) is 0. The van der Waals surface area contributed by atoms with Gasteiger partial charge < -0.3 is 4.98 Å². The lowest BCUT2D eigenvalue weighted by Gasteiger charge is -2.33. The minimum atomic E-state index is -0.109. The van der Waals surface area contributed by atoms with Gasteiger partial charge in [0.15, 0.2) is 0 Å². The zero-order chi connectivity index (χ0) is 12.2.